The fraction of sp³-hybridized carbons (Fsp3) is 0.357. The van der Waals surface area contributed by atoms with Crippen LogP contribution in [0.3, 0.4) is 0 Å². The number of piperidine rings is 2. The molecule has 5 aromatic rings. The van der Waals surface area contributed by atoms with Gasteiger partial charge in [0.25, 0.3) is 11.8 Å². The zero-order valence-corrected chi connectivity index (χ0v) is 33.4. The third kappa shape index (κ3) is 7.91. The van der Waals surface area contributed by atoms with Gasteiger partial charge in [-0.3, -0.25) is 28.9 Å². The number of carbonyl (C=O) groups is 3. The number of fused-ring (bicyclic) bond motifs is 2. The molecule has 4 aliphatic heterocycles. The number of imide groups is 1. The van der Waals surface area contributed by atoms with Gasteiger partial charge in [-0.1, -0.05) is 12.1 Å². The van der Waals surface area contributed by atoms with Crippen LogP contribution in [0, 0.1) is 11.7 Å². The minimum Gasteiger partial charge on any atom is -0.369 e. The van der Waals surface area contributed by atoms with Crippen LogP contribution in [-0.4, -0.2) is 115 Å². The predicted molar refractivity (Wildman–Crippen MR) is 223 cm³/mol. The van der Waals surface area contributed by atoms with Crippen molar-refractivity contribution in [2.75, 3.05) is 78.5 Å². The molecule has 3 amide bonds. The van der Waals surface area contributed by atoms with Gasteiger partial charge in [0, 0.05) is 75.0 Å². The van der Waals surface area contributed by atoms with Gasteiger partial charge in [-0.2, -0.15) is 0 Å². The number of benzene rings is 3. The maximum atomic E-state index is 15.5. The molecule has 2 aromatic heterocycles. The fourth-order valence-corrected chi connectivity index (χ4v) is 9.28. The van der Waals surface area contributed by atoms with Crippen LogP contribution in [0.15, 0.2) is 79.0 Å². The van der Waals surface area contributed by atoms with Crippen molar-refractivity contribution in [3.63, 3.8) is 0 Å². The molecule has 3 fully saturated rings. The monoisotopic (exact) mass is 820 g/mol. The summed E-state index contributed by atoms with van der Waals surface area (Å²) in [6.07, 6.45) is 5.72. The van der Waals surface area contributed by atoms with Crippen LogP contribution in [0.25, 0.3) is 16.8 Å². The molecule has 0 aliphatic carbocycles. The zero-order valence-electron chi connectivity index (χ0n) is 32.6. The van der Waals surface area contributed by atoms with Crippen molar-refractivity contribution in [3.8, 4) is 11.3 Å². The van der Waals surface area contributed by atoms with Gasteiger partial charge in [-0.05, 0) is 92.3 Å². The number of anilines is 5. The lowest BCUT2D eigenvalue weighted by Crippen LogP contribution is -2.52. The Labute approximate surface area is 341 Å². The summed E-state index contributed by atoms with van der Waals surface area (Å²) >= 11 is 0. The quantitative estimate of drug-likeness (QED) is 0.169. The van der Waals surface area contributed by atoms with E-state index in [9.17, 15) is 22.8 Å². The summed E-state index contributed by atoms with van der Waals surface area (Å²) in [5.41, 5.74) is 5.39. The Bertz CT molecular complexity index is 2550. The molecule has 0 radical (unpaired) electrons. The highest BCUT2D eigenvalue weighted by Gasteiger charge is 2.44. The van der Waals surface area contributed by atoms with Gasteiger partial charge in [-0.15, -0.1) is 5.10 Å². The van der Waals surface area contributed by atoms with E-state index in [1.165, 1.54) is 12.1 Å². The number of amides is 3. The van der Waals surface area contributed by atoms with Crippen molar-refractivity contribution < 1.29 is 27.2 Å². The lowest BCUT2D eigenvalue weighted by atomic mass is 9.95. The smallest absolute Gasteiger partial charge is 0.262 e. The molecule has 4 aliphatic rings. The molecule has 306 valence electrons. The van der Waals surface area contributed by atoms with Gasteiger partial charge in [0.15, 0.2) is 0 Å². The summed E-state index contributed by atoms with van der Waals surface area (Å²) in [5, 5.41) is 10.8. The molecule has 3 saturated heterocycles. The van der Waals surface area contributed by atoms with Crippen LogP contribution < -0.4 is 25.2 Å². The van der Waals surface area contributed by atoms with Gasteiger partial charge in [0.05, 0.1) is 40.5 Å². The lowest BCUT2D eigenvalue weighted by molar-refractivity contribution is -0.126. The average molecular weight is 821 g/mol. The van der Waals surface area contributed by atoms with Crippen molar-refractivity contribution in [1.82, 2.24) is 29.7 Å². The number of sulfonamides is 1. The maximum Gasteiger partial charge on any atom is 0.262 e. The maximum absolute atomic E-state index is 15.5. The highest BCUT2D eigenvalue weighted by atomic mass is 32.2. The number of piperazine rings is 1. The third-order valence-electron chi connectivity index (χ3n) is 11.7. The topological polar surface area (TPSA) is 165 Å². The Morgan fingerprint density at radius 3 is 2.31 bits per heavy atom. The number of aromatic nitrogens is 3. The number of hydrogen-bond acceptors (Lipinski definition) is 11. The molecule has 59 heavy (non-hydrogen) atoms. The second-order valence-electron chi connectivity index (χ2n) is 15.8. The highest BCUT2D eigenvalue weighted by Crippen LogP contribution is 2.35. The molecule has 15 nitrogen and oxygen atoms in total. The molecular formula is C42H45FN10O5S. The first-order valence-corrected chi connectivity index (χ1v) is 21.9. The minimum absolute atomic E-state index is 0.0275. The molecule has 1 unspecified atom stereocenters. The molecule has 1 atom stereocenters. The first-order valence-electron chi connectivity index (χ1n) is 20.0. The SMILES string of the molecule is CS(=O)(=O)Nc1cccc(-c2ccc3cnc(Nc4ccc(N5CCN(CC6CCN(c7cc8c(cc7F)C(=O)N(C7CCCNC7=O)C8=O)CC6)CC5)cc4)nn23)c1. The Balaban J connectivity index is 0.765. The fourth-order valence-electron chi connectivity index (χ4n) is 8.72. The Kier molecular flexibility index (Phi) is 10.2. The number of carbonyl (C=O) groups excluding carboxylic acids is 3. The van der Waals surface area contributed by atoms with E-state index in [-0.39, 0.29) is 17.0 Å². The largest absolute Gasteiger partial charge is 0.369 e. The second kappa shape index (κ2) is 15.6. The van der Waals surface area contributed by atoms with Crippen LogP contribution >= 0.6 is 0 Å². The molecule has 3 aromatic carbocycles. The van der Waals surface area contributed by atoms with E-state index in [1.807, 2.05) is 35.2 Å². The Hall–Kier alpha value is -6.07. The van der Waals surface area contributed by atoms with E-state index in [4.69, 9.17) is 5.10 Å². The predicted octanol–water partition coefficient (Wildman–Crippen LogP) is 4.56. The molecule has 0 saturated carbocycles. The molecule has 6 heterocycles. The van der Waals surface area contributed by atoms with E-state index >= 15 is 4.39 Å². The number of nitrogens with zero attached hydrogens (tertiary/aromatic N) is 7. The Morgan fingerprint density at radius 2 is 1.58 bits per heavy atom. The molecule has 3 N–H and O–H groups in total. The van der Waals surface area contributed by atoms with Gasteiger partial charge in [0.1, 0.15) is 11.9 Å². The number of hydrogen-bond donors (Lipinski definition) is 3. The lowest BCUT2D eigenvalue weighted by Gasteiger charge is -2.40. The summed E-state index contributed by atoms with van der Waals surface area (Å²) in [7, 11) is -3.41. The highest BCUT2D eigenvalue weighted by molar-refractivity contribution is 7.92. The number of nitrogens with one attached hydrogen (secondary N) is 3. The van der Waals surface area contributed by atoms with Crippen molar-refractivity contribution in [3.05, 3.63) is 95.9 Å². The Morgan fingerprint density at radius 1 is 0.831 bits per heavy atom. The third-order valence-corrected chi connectivity index (χ3v) is 12.4. The summed E-state index contributed by atoms with van der Waals surface area (Å²) in [4.78, 5) is 51.3. The molecule has 17 heteroatoms. The van der Waals surface area contributed by atoms with Crippen LogP contribution in [0.5, 0.6) is 0 Å². The minimum atomic E-state index is -3.41. The molecule has 0 bridgehead atoms. The van der Waals surface area contributed by atoms with Crippen LogP contribution in [0.2, 0.25) is 0 Å². The van der Waals surface area contributed by atoms with E-state index in [2.05, 4.69) is 42.3 Å². The number of halogens is 1. The van der Waals surface area contributed by atoms with Crippen molar-refractivity contribution in [2.45, 2.75) is 31.7 Å². The van der Waals surface area contributed by atoms with E-state index < -0.39 is 33.7 Å². The first kappa shape index (κ1) is 38.4. The molecular weight excluding hydrogens is 776 g/mol. The second-order valence-corrected chi connectivity index (χ2v) is 17.5. The van der Waals surface area contributed by atoms with Crippen LogP contribution in [0.4, 0.5) is 33.1 Å². The first-order chi connectivity index (χ1) is 28.5. The van der Waals surface area contributed by atoms with Gasteiger partial charge in [-0.25, -0.2) is 22.3 Å². The standard InChI is InChI=1S/C42H45FN10O5S/c1-59(57,58)48-30-5-2-4-28(22-30)36-12-11-32-25-45-42(47-53(32)36)46-29-7-9-31(10-8-29)50-20-18-49(19-21-50)26-27-13-16-51(17-14-27)38-24-34-33(23-35(38)43)40(55)52(41(34)56)37-6-3-15-44-39(37)54/h2,4-5,7-12,22-25,27,37,48H,3,6,13-21,26H2,1H3,(H,44,54)(H,46,47). The van der Waals surface area contributed by atoms with Gasteiger partial charge < -0.3 is 20.4 Å². The van der Waals surface area contributed by atoms with Crippen LogP contribution in [0.1, 0.15) is 46.4 Å². The van der Waals surface area contributed by atoms with E-state index in [0.29, 0.717) is 55.7 Å². The summed E-state index contributed by atoms with van der Waals surface area (Å²) < 4.78 is 43.3. The van der Waals surface area contributed by atoms with E-state index in [0.717, 1.165) is 84.9 Å². The van der Waals surface area contributed by atoms with Crippen molar-refractivity contribution >= 4 is 62.0 Å². The van der Waals surface area contributed by atoms with Crippen molar-refractivity contribution in [2.24, 2.45) is 5.92 Å². The zero-order chi connectivity index (χ0) is 40.8. The normalized spacial score (nSPS) is 19.3. The summed E-state index contributed by atoms with van der Waals surface area (Å²) in [6.45, 7) is 6.46. The molecule has 9 rings (SSSR count). The number of rotatable bonds is 10. The molecule has 0 spiro atoms. The van der Waals surface area contributed by atoms with Gasteiger partial charge in [0.2, 0.25) is 21.9 Å². The van der Waals surface area contributed by atoms with E-state index in [1.54, 1.807) is 28.9 Å². The average Bonchev–Trinajstić information content (AvgIpc) is 3.75. The summed E-state index contributed by atoms with van der Waals surface area (Å²) in [5.74, 6) is -1.11. The van der Waals surface area contributed by atoms with Crippen LogP contribution in [-0.2, 0) is 14.8 Å². The summed E-state index contributed by atoms with van der Waals surface area (Å²) in [6, 6.07) is 21.0. The van der Waals surface area contributed by atoms with Crippen molar-refractivity contribution in [1.29, 1.82) is 0 Å². The van der Waals surface area contributed by atoms with Gasteiger partial charge >= 0.3 is 0 Å².